The van der Waals surface area contributed by atoms with Crippen LogP contribution in [-0.2, 0) is 13.0 Å². The Morgan fingerprint density at radius 2 is 1.52 bits per heavy atom. The minimum absolute atomic E-state index is 0.775. The fourth-order valence-corrected chi connectivity index (χ4v) is 3.19. The van der Waals surface area contributed by atoms with Gasteiger partial charge in [-0.1, -0.05) is 66.7 Å². The Morgan fingerprint density at radius 1 is 0.880 bits per heavy atom. The van der Waals surface area contributed by atoms with Crippen molar-refractivity contribution in [3.8, 4) is 0 Å². The van der Waals surface area contributed by atoms with Crippen molar-refractivity contribution in [2.24, 2.45) is 4.99 Å². The molecule has 1 aliphatic heterocycles. The predicted molar refractivity (Wildman–Crippen MR) is 102 cm³/mol. The maximum atomic E-state index is 4.92. The highest BCUT2D eigenvalue weighted by Gasteiger charge is 2.15. The highest BCUT2D eigenvalue weighted by atomic mass is 15.1. The van der Waals surface area contributed by atoms with Gasteiger partial charge in [0.1, 0.15) is 0 Å². The van der Waals surface area contributed by atoms with E-state index in [1.165, 1.54) is 5.56 Å². The number of pyridine rings is 1. The summed E-state index contributed by atoms with van der Waals surface area (Å²) in [6, 6.07) is 24.8. The average Bonchev–Trinajstić information content (AvgIpc) is 2.67. The molecule has 25 heavy (non-hydrogen) atoms. The van der Waals surface area contributed by atoms with Gasteiger partial charge in [0, 0.05) is 24.2 Å². The number of fused-ring (bicyclic) bond motifs is 1. The summed E-state index contributed by atoms with van der Waals surface area (Å²) in [4.78, 5) is 12.0. The summed E-state index contributed by atoms with van der Waals surface area (Å²) in [6.45, 7) is 1.99. The Bertz CT molecular complexity index is 844. The van der Waals surface area contributed by atoms with Gasteiger partial charge in [-0.2, -0.15) is 0 Å². The molecule has 2 aromatic carbocycles. The first kappa shape index (κ1) is 15.7. The SMILES string of the molecule is CN1CCc2ccc(N=C(c3ccccc3)c3ccccc3)nc2C1. The summed E-state index contributed by atoms with van der Waals surface area (Å²) in [5, 5.41) is 0. The van der Waals surface area contributed by atoms with Gasteiger partial charge >= 0.3 is 0 Å². The number of rotatable bonds is 3. The first-order valence-electron chi connectivity index (χ1n) is 8.66. The molecule has 0 aliphatic carbocycles. The molecule has 0 saturated carbocycles. The molecule has 0 amide bonds. The molecule has 4 rings (SSSR count). The van der Waals surface area contributed by atoms with Gasteiger partial charge in [-0.15, -0.1) is 0 Å². The number of hydrogen-bond donors (Lipinski definition) is 0. The fraction of sp³-hybridized carbons (Fsp3) is 0.182. The Kier molecular flexibility index (Phi) is 4.40. The van der Waals surface area contributed by atoms with Crippen LogP contribution in [0.15, 0.2) is 77.8 Å². The number of hydrogen-bond acceptors (Lipinski definition) is 3. The molecule has 124 valence electrons. The molecule has 0 bridgehead atoms. The van der Waals surface area contributed by atoms with E-state index in [2.05, 4.69) is 42.3 Å². The van der Waals surface area contributed by atoms with Gasteiger partial charge in [-0.25, -0.2) is 9.98 Å². The maximum Gasteiger partial charge on any atom is 0.152 e. The third-order valence-electron chi connectivity index (χ3n) is 4.56. The first-order valence-corrected chi connectivity index (χ1v) is 8.66. The van der Waals surface area contributed by atoms with Crippen molar-refractivity contribution in [2.75, 3.05) is 13.6 Å². The van der Waals surface area contributed by atoms with E-state index in [1.54, 1.807) is 0 Å². The molecular formula is C22H21N3. The largest absolute Gasteiger partial charge is 0.300 e. The molecule has 1 aliphatic rings. The summed E-state index contributed by atoms with van der Waals surface area (Å²) in [7, 11) is 2.14. The average molecular weight is 327 g/mol. The number of aliphatic imine (C=N–C) groups is 1. The predicted octanol–water partition coefficient (Wildman–Crippen LogP) is 4.24. The van der Waals surface area contributed by atoms with E-state index in [-0.39, 0.29) is 0 Å². The van der Waals surface area contributed by atoms with E-state index in [9.17, 15) is 0 Å². The quantitative estimate of drug-likeness (QED) is 0.673. The zero-order chi connectivity index (χ0) is 17.1. The Morgan fingerprint density at radius 3 is 2.16 bits per heavy atom. The van der Waals surface area contributed by atoms with E-state index in [1.807, 2.05) is 42.5 Å². The lowest BCUT2D eigenvalue weighted by atomic mass is 10.0. The normalized spacial score (nSPS) is 14.0. The number of aromatic nitrogens is 1. The zero-order valence-corrected chi connectivity index (χ0v) is 14.4. The molecule has 0 N–H and O–H groups in total. The second-order valence-corrected chi connectivity index (χ2v) is 6.46. The van der Waals surface area contributed by atoms with Crippen LogP contribution in [0.4, 0.5) is 5.82 Å². The van der Waals surface area contributed by atoms with E-state index in [0.29, 0.717) is 0 Å². The fourth-order valence-electron chi connectivity index (χ4n) is 3.19. The molecule has 0 unspecified atom stereocenters. The van der Waals surface area contributed by atoms with Crippen LogP contribution in [0.3, 0.4) is 0 Å². The molecule has 0 radical (unpaired) electrons. The first-order chi connectivity index (χ1) is 12.3. The van der Waals surface area contributed by atoms with E-state index in [4.69, 9.17) is 9.98 Å². The monoisotopic (exact) mass is 327 g/mol. The van der Waals surface area contributed by atoms with Crippen molar-refractivity contribution in [3.63, 3.8) is 0 Å². The van der Waals surface area contributed by atoms with Crippen LogP contribution in [-0.4, -0.2) is 29.2 Å². The van der Waals surface area contributed by atoms with Crippen molar-refractivity contribution < 1.29 is 0 Å². The highest BCUT2D eigenvalue weighted by Crippen LogP contribution is 2.22. The highest BCUT2D eigenvalue weighted by molar-refractivity contribution is 6.13. The molecule has 0 saturated heterocycles. The van der Waals surface area contributed by atoms with Crippen molar-refractivity contribution >= 4 is 11.5 Å². The van der Waals surface area contributed by atoms with Crippen LogP contribution in [0, 0.1) is 0 Å². The molecule has 3 heteroatoms. The molecule has 3 aromatic rings. The Hall–Kier alpha value is -2.78. The molecule has 0 spiro atoms. The van der Waals surface area contributed by atoms with Gasteiger partial charge in [0.15, 0.2) is 5.82 Å². The van der Waals surface area contributed by atoms with Crippen LogP contribution in [0.25, 0.3) is 0 Å². The third-order valence-corrected chi connectivity index (χ3v) is 4.56. The van der Waals surface area contributed by atoms with Crippen molar-refractivity contribution in [1.82, 2.24) is 9.88 Å². The Labute approximate surface area is 148 Å². The van der Waals surface area contributed by atoms with Crippen molar-refractivity contribution in [1.29, 1.82) is 0 Å². The number of benzene rings is 2. The van der Waals surface area contributed by atoms with E-state index < -0.39 is 0 Å². The number of likely N-dealkylation sites (N-methyl/N-ethyl adjacent to an activating group) is 1. The van der Waals surface area contributed by atoms with Gasteiger partial charge < -0.3 is 4.90 Å². The summed E-state index contributed by atoms with van der Waals surface area (Å²) < 4.78 is 0. The molecule has 0 atom stereocenters. The number of nitrogens with zero attached hydrogens (tertiary/aromatic N) is 3. The van der Waals surface area contributed by atoms with Crippen LogP contribution in [0.2, 0.25) is 0 Å². The third kappa shape index (κ3) is 3.52. The molecule has 1 aromatic heterocycles. The second kappa shape index (κ2) is 6.99. The molecular weight excluding hydrogens is 306 g/mol. The van der Waals surface area contributed by atoms with Gasteiger partial charge in [-0.05, 0) is 25.1 Å². The minimum atomic E-state index is 0.775. The van der Waals surface area contributed by atoms with Crippen LogP contribution >= 0.6 is 0 Å². The van der Waals surface area contributed by atoms with Crippen LogP contribution in [0.5, 0.6) is 0 Å². The van der Waals surface area contributed by atoms with Gasteiger partial charge in [0.2, 0.25) is 0 Å². The van der Waals surface area contributed by atoms with Crippen LogP contribution in [0.1, 0.15) is 22.4 Å². The molecule has 0 fully saturated rings. The lowest BCUT2D eigenvalue weighted by molar-refractivity contribution is 0.308. The van der Waals surface area contributed by atoms with Gasteiger partial charge in [-0.3, -0.25) is 0 Å². The van der Waals surface area contributed by atoms with Gasteiger partial charge in [0.25, 0.3) is 0 Å². The lowest BCUT2D eigenvalue weighted by Gasteiger charge is -2.24. The van der Waals surface area contributed by atoms with Crippen molar-refractivity contribution in [2.45, 2.75) is 13.0 Å². The standard InChI is InChI=1S/C22H21N3/c1-25-15-14-17-12-13-21(23-20(17)16-25)24-22(18-8-4-2-5-9-18)19-10-6-3-7-11-19/h2-13H,14-16H2,1H3. The molecule has 3 nitrogen and oxygen atoms in total. The summed E-state index contributed by atoms with van der Waals surface area (Å²) in [5.41, 5.74) is 5.65. The minimum Gasteiger partial charge on any atom is -0.300 e. The zero-order valence-electron chi connectivity index (χ0n) is 14.4. The summed E-state index contributed by atoms with van der Waals surface area (Å²) in [5.74, 6) is 0.775. The summed E-state index contributed by atoms with van der Waals surface area (Å²) >= 11 is 0. The van der Waals surface area contributed by atoms with E-state index in [0.717, 1.165) is 47.9 Å². The molecule has 2 heterocycles. The van der Waals surface area contributed by atoms with Crippen molar-refractivity contribution in [3.05, 3.63) is 95.2 Å². The van der Waals surface area contributed by atoms with Crippen LogP contribution < -0.4 is 0 Å². The maximum absolute atomic E-state index is 4.92. The second-order valence-electron chi connectivity index (χ2n) is 6.46. The topological polar surface area (TPSA) is 28.5 Å². The lowest BCUT2D eigenvalue weighted by Crippen LogP contribution is -2.27. The summed E-state index contributed by atoms with van der Waals surface area (Å²) in [6.07, 6.45) is 1.06. The Balaban J connectivity index is 1.79. The van der Waals surface area contributed by atoms with E-state index >= 15 is 0 Å². The smallest absolute Gasteiger partial charge is 0.152 e. The van der Waals surface area contributed by atoms with Gasteiger partial charge in [0.05, 0.1) is 11.4 Å².